The number of ketones is 1. The molecule has 2 N–H and O–H groups in total. The van der Waals surface area contributed by atoms with E-state index in [4.69, 9.17) is 5.73 Å². The second-order valence-corrected chi connectivity index (χ2v) is 4.21. The predicted molar refractivity (Wildman–Crippen MR) is 60.9 cm³/mol. The topological polar surface area (TPSA) is 43.1 Å². The van der Waals surface area contributed by atoms with Gasteiger partial charge in [0.2, 0.25) is 0 Å². The molecule has 0 heterocycles. The van der Waals surface area contributed by atoms with Crippen LogP contribution in [0.3, 0.4) is 0 Å². The standard InChI is InChI=1S/C13H17NO/c14-8-4-3-6-11-9-10-5-1-2-7-12(10)13(11)15/h1-2,5,7,11H,3-4,6,8-9,14H2. The third-order valence-electron chi connectivity index (χ3n) is 3.13. The van der Waals surface area contributed by atoms with Gasteiger partial charge in [-0.05, 0) is 31.4 Å². The Labute approximate surface area is 90.5 Å². The number of fused-ring (bicyclic) bond motifs is 1. The summed E-state index contributed by atoms with van der Waals surface area (Å²) in [7, 11) is 0. The van der Waals surface area contributed by atoms with Gasteiger partial charge in [-0.2, -0.15) is 0 Å². The molecule has 15 heavy (non-hydrogen) atoms. The molecular formula is C13H17NO. The van der Waals surface area contributed by atoms with Gasteiger partial charge in [0, 0.05) is 11.5 Å². The molecule has 1 atom stereocenters. The fraction of sp³-hybridized carbons (Fsp3) is 0.462. The Hall–Kier alpha value is -1.15. The number of carbonyl (C=O) groups is 1. The molecule has 0 spiro atoms. The van der Waals surface area contributed by atoms with E-state index in [9.17, 15) is 4.79 Å². The van der Waals surface area contributed by atoms with Crippen LogP contribution in [0.2, 0.25) is 0 Å². The van der Waals surface area contributed by atoms with Crippen LogP contribution in [0.5, 0.6) is 0 Å². The molecule has 0 bridgehead atoms. The molecule has 0 saturated heterocycles. The smallest absolute Gasteiger partial charge is 0.166 e. The zero-order valence-electron chi connectivity index (χ0n) is 8.91. The zero-order chi connectivity index (χ0) is 10.7. The largest absolute Gasteiger partial charge is 0.330 e. The number of rotatable bonds is 4. The van der Waals surface area contributed by atoms with Crippen molar-refractivity contribution in [3.63, 3.8) is 0 Å². The minimum atomic E-state index is 0.217. The van der Waals surface area contributed by atoms with Crippen LogP contribution >= 0.6 is 0 Å². The van der Waals surface area contributed by atoms with Crippen LogP contribution in [-0.2, 0) is 6.42 Å². The van der Waals surface area contributed by atoms with Gasteiger partial charge in [0.15, 0.2) is 5.78 Å². The number of carbonyl (C=O) groups excluding carboxylic acids is 1. The molecule has 1 unspecified atom stereocenters. The summed E-state index contributed by atoms with van der Waals surface area (Å²) in [6, 6.07) is 7.96. The highest BCUT2D eigenvalue weighted by Crippen LogP contribution is 2.29. The monoisotopic (exact) mass is 203 g/mol. The van der Waals surface area contributed by atoms with E-state index in [1.165, 1.54) is 5.56 Å². The first-order valence-electron chi connectivity index (χ1n) is 5.65. The minimum absolute atomic E-state index is 0.217. The number of hydrogen-bond acceptors (Lipinski definition) is 2. The second-order valence-electron chi connectivity index (χ2n) is 4.21. The van der Waals surface area contributed by atoms with Crippen molar-refractivity contribution in [2.24, 2.45) is 11.7 Å². The Morgan fingerprint density at radius 1 is 1.27 bits per heavy atom. The molecule has 80 valence electrons. The number of unbranched alkanes of at least 4 members (excludes halogenated alkanes) is 1. The quantitative estimate of drug-likeness (QED) is 0.762. The zero-order valence-corrected chi connectivity index (χ0v) is 8.91. The van der Waals surface area contributed by atoms with E-state index in [0.29, 0.717) is 5.78 Å². The van der Waals surface area contributed by atoms with Crippen LogP contribution in [-0.4, -0.2) is 12.3 Å². The molecule has 1 aliphatic rings. The van der Waals surface area contributed by atoms with E-state index in [-0.39, 0.29) is 5.92 Å². The summed E-state index contributed by atoms with van der Waals surface area (Å²) in [5.41, 5.74) is 7.61. The summed E-state index contributed by atoms with van der Waals surface area (Å²) in [6.07, 6.45) is 4.02. The van der Waals surface area contributed by atoms with E-state index < -0.39 is 0 Å². The molecule has 2 heteroatoms. The highest BCUT2D eigenvalue weighted by molar-refractivity contribution is 6.02. The third kappa shape index (κ3) is 2.10. The Morgan fingerprint density at radius 3 is 2.80 bits per heavy atom. The van der Waals surface area contributed by atoms with E-state index >= 15 is 0 Å². The summed E-state index contributed by atoms with van der Waals surface area (Å²) >= 11 is 0. The first kappa shape index (κ1) is 10.4. The van der Waals surface area contributed by atoms with E-state index in [1.807, 2.05) is 18.2 Å². The van der Waals surface area contributed by atoms with Crippen LogP contribution < -0.4 is 5.73 Å². The van der Waals surface area contributed by atoms with Crippen molar-refractivity contribution in [2.45, 2.75) is 25.7 Å². The van der Waals surface area contributed by atoms with Gasteiger partial charge < -0.3 is 5.73 Å². The molecule has 2 nitrogen and oxygen atoms in total. The van der Waals surface area contributed by atoms with Gasteiger partial charge in [0.05, 0.1) is 0 Å². The fourth-order valence-corrected chi connectivity index (χ4v) is 2.28. The maximum atomic E-state index is 12.0. The molecule has 0 saturated carbocycles. The molecule has 0 amide bonds. The van der Waals surface area contributed by atoms with Gasteiger partial charge in [-0.25, -0.2) is 0 Å². The number of Topliss-reactive ketones (excluding diaryl/α,β-unsaturated/α-hetero) is 1. The highest BCUT2D eigenvalue weighted by atomic mass is 16.1. The molecule has 1 aliphatic carbocycles. The van der Waals surface area contributed by atoms with Crippen molar-refractivity contribution in [2.75, 3.05) is 6.54 Å². The molecule has 0 radical (unpaired) electrons. The van der Waals surface area contributed by atoms with Gasteiger partial charge in [-0.3, -0.25) is 4.79 Å². The maximum absolute atomic E-state index is 12.0. The Balaban J connectivity index is 2.01. The molecule has 1 aromatic carbocycles. The van der Waals surface area contributed by atoms with Crippen LogP contribution in [0.4, 0.5) is 0 Å². The summed E-state index contributed by atoms with van der Waals surface area (Å²) in [4.78, 5) is 12.0. The Kier molecular flexibility index (Phi) is 3.17. The summed E-state index contributed by atoms with van der Waals surface area (Å²) in [6.45, 7) is 0.730. The van der Waals surface area contributed by atoms with Crippen LogP contribution in [0, 0.1) is 5.92 Å². The van der Waals surface area contributed by atoms with Crippen molar-refractivity contribution in [1.82, 2.24) is 0 Å². The normalized spacial score (nSPS) is 19.3. The lowest BCUT2D eigenvalue weighted by Gasteiger charge is -2.06. The van der Waals surface area contributed by atoms with Gasteiger partial charge in [0.1, 0.15) is 0 Å². The van der Waals surface area contributed by atoms with E-state index in [2.05, 4.69) is 6.07 Å². The van der Waals surface area contributed by atoms with Crippen LogP contribution in [0.1, 0.15) is 35.2 Å². The van der Waals surface area contributed by atoms with Gasteiger partial charge in [-0.1, -0.05) is 30.7 Å². The van der Waals surface area contributed by atoms with Crippen molar-refractivity contribution < 1.29 is 4.79 Å². The first-order valence-corrected chi connectivity index (χ1v) is 5.65. The molecule has 1 aromatic rings. The summed E-state index contributed by atoms with van der Waals surface area (Å²) in [5.74, 6) is 0.552. The van der Waals surface area contributed by atoms with Crippen molar-refractivity contribution in [3.05, 3.63) is 35.4 Å². The molecule has 2 rings (SSSR count). The number of nitrogens with two attached hydrogens (primary N) is 1. The molecule has 0 aromatic heterocycles. The van der Waals surface area contributed by atoms with Gasteiger partial charge in [-0.15, -0.1) is 0 Å². The Bertz CT molecular complexity index is 359. The van der Waals surface area contributed by atoms with Crippen LogP contribution in [0.25, 0.3) is 0 Å². The highest BCUT2D eigenvalue weighted by Gasteiger charge is 2.28. The van der Waals surface area contributed by atoms with Crippen molar-refractivity contribution >= 4 is 5.78 Å². The SMILES string of the molecule is NCCCCC1Cc2ccccc2C1=O. The molecule has 0 aliphatic heterocycles. The predicted octanol–water partition coefficient (Wildman–Crippen LogP) is 2.17. The lowest BCUT2D eigenvalue weighted by atomic mass is 9.98. The van der Waals surface area contributed by atoms with Gasteiger partial charge in [0.25, 0.3) is 0 Å². The van der Waals surface area contributed by atoms with E-state index in [0.717, 1.165) is 37.8 Å². The number of benzene rings is 1. The Morgan fingerprint density at radius 2 is 2.07 bits per heavy atom. The summed E-state index contributed by atoms with van der Waals surface area (Å²) in [5, 5.41) is 0. The van der Waals surface area contributed by atoms with Crippen molar-refractivity contribution in [3.8, 4) is 0 Å². The lowest BCUT2D eigenvalue weighted by Crippen LogP contribution is -2.09. The van der Waals surface area contributed by atoms with E-state index in [1.54, 1.807) is 0 Å². The average Bonchev–Trinajstić information content (AvgIpc) is 2.57. The first-order chi connectivity index (χ1) is 7.33. The van der Waals surface area contributed by atoms with Crippen molar-refractivity contribution in [1.29, 1.82) is 0 Å². The summed E-state index contributed by atoms with van der Waals surface area (Å²) < 4.78 is 0. The minimum Gasteiger partial charge on any atom is -0.330 e. The fourth-order valence-electron chi connectivity index (χ4n) is 2.28. The molecule has 0 fully saturated rings. The maximum Gasteiger partial charge on any atom is 0.166 e. The average molecular weight is 203 g/mol. The van der Waals surface area contributed by atoms with Crippen LogP contribution in [0.15, 0.2) is 24.3 Å². The molecular weight excluding hydrogens is 186 g/mol. The third-order valence-corrected chi connectivity index (χ3v) is 3.13. The lowest BCUT2D eigenvalue weighted by molar-refractivity contribution is 0.0929. The number of hydrogen-bond donors (Lipinski definition) is 1. The van der Waals surface area contributed by atoms with Gasteiger partial charge >= 0.3 is 0 Å². The second kappa shape index (κ2) is 4.58.